The van der Waals surface area contributed by atoms with Gasteiger partial charge in [0.25, 0.3) is 0 Å². The average Bonchev–Trinajstić information content (AvgIpc) is 2.54. The Morgan fingerprint density at radius 1 is 1.29 bits per heavy atom. The van der Waals surface area contributed by atoms with Crippen molar-refractivity contribution in [3.05, 3.63) is 28.8 Å². The van der Waals surface area contributed by atoms with Crippen LogP contribution in [0.2, 0.25) is 5.02 Å². The van der Waals surface area contributed by atoms with E-state index in [9.17, 15) is 4.79 Å². The van der Waals surface area contributed by atoms with Crippen molar-refractivity contribution >= 4 is 53.1 Å². The summed E-state index contributed by atoms with van der Waals surface area (Å²) < 4.78 is 5.24. The van der Waals surface area contributed by atoms with Gasteiger partial charge in [-0.1, -0.05) is 17.7 Å². The maximum absolute atomic E-state index is 12.0. The van der Waals surface area contributed by atoms with Gasteiger partial charge < -0.3 is 20.7 Å². The van der Waals surface area contributed by atoms with Crippen LogP contribution < -0.4 is 16.0 Å². The Labute approximate surface area is 165 Å². The lowest BCUT2D eigenvalue weighted by Crippen LogP contribution is -2.40. The number of aliphatic imine (C=N–C) groups is 1. The molecular weight excluding hydrogens is 443 g/mol. The fourth-order valence-electron chi connectivity index (χ4n) is 1.86. The molecule has 1 aromatic rings. The van der Waals surface area contributed by atoms with Crippen molar-refractivity contribution in [2.24, 2.45) is 4.99 Å². The molecule has 1 rings (SSSR count). The van der Waals surface area contributed by atoms with Gasteiger partial charge in [-0.2, -0.15) is 0 Å². The molecule has 0 heterocycles. The Balaban J connectivity index is 0.00000529. The Kier molecular flexibility index (Phi) is 12.7. The molecule has 1 amide bonds. The first-order valence-electron chi connectivity index (χ1n) is 7.65. The van der Waals surface area contributed by atoms with Gasteiger partial charge >= 0.3 is 0 Å². The van der Waals surface area contributed by atoms with E-state index in [4.69, 9.17) is 16.3 Å². The second kappa shape index (κ2) is 13.3. The van der Waals surface area contributed by atoms with E-state index >= 15 is 0 Å². The summed E-state index contributed by atoms with van der Waals surface area (Å²) in [5.74, 6) is 0.573. The highest BCUT2D eigenvalue weighted by Gasteiger charge is 2.07. The Bertz CT molecular complexity index is 541. The smallest absolute Gasteiger partial charge is 0.226 e. The fraction of sp³-hybridized carbons (Fsp3) is 0.500. The number of hydrogen-bond donors (Lipinski definition) is 3. The maximum Gasteiger partial charge on any atom is 0.226 e. The van der Waals surface area contributed by atoms with E-state index in [0.29, 0.717) is 43.7 Å². The molecule has 1 aromatic carbocycles. The third-order valence-electron chi connectivity index (χ3n) is 3.15. The first-order chi connectivity index (χ1) is 11.1. The van der Waals surface area contributed by atoms with Crippen molar-refractivity contribution in [2.45, 2.75) is 20.3 Å². The Morgan fingerprint density at radius 2 is 2.00 bits per heavy atom. The summed E-state index contributed by atoms with van der Waals surface area (Å²) in [7, 11) is 1.69. The van der Waals surface area contributed by atoms with Gasteiger partial charge in [0.1, 0.15) is 0 Å². The lowest BCUT2D eigenvalue weighted by molar-refractivity contribution is -0.116. The van der Waals surface area contributed by atoms with Crippen molar-refractivity contribution in [1.29, 1.82) is 0 Å². The topological polar surface area (TPSA) is 74.8 Å². The first kappa shape index (κ1) is 22.9. The highest BCUT2D eigenvalue weighted by atomic mass is 127. The number of anilines is 1. The normalized spacial score (nSPS) is 10.8. The molecule has 0 bridgehead atoms. The average molecular weight is 469 g/mol. The molecule has 3 N–H and O–H groups in total. The zero-order chi connectivity index (χ0) is 17.1. The highest BCUT2D eigenvalue weighted by molar-refractivity contribution is 14.0. The molecule has 0 fully saturated rings. The molecule has 0 aliphatic rings. The van der Waals surface area contributed by atoms with Crippen LogP contribution in [0.3, 0.4) is 0 Å². The molecule has 0 aromatic heterocycles. The fourth-order valence-corrected chi connectivity index (χ4v) is 2.03. The first-order valence-corrected chi connectivity index (χ1v) is 8.03. The number of halogens is 2. The second-order valence-electron chi connectivity index (χ2n) is 4.83. The molecule has 0 spiro atoms. The van der Waals surface area contributed by atoms with E-state index in [2.05, 4.69) is 20.9 Å². The Hall–Kier alpha value is -1.06. The van der Waals surface area contributed by atoms with Gasteiger partial charge in [-0.05, 0) is 31.5 Å². The lowest BCUT2D eigenvalue weighted by atomic mass is 10.2. The quantitative estimate of drug-likeness (QED) is 0.237. The molecule has 0 atom stereocenters. The second-order valence-corrected chi connectivity index (χ2v) is 5.24. The number of amides is 1. The minimum Gasteiger partial charge on any atom is -0.380 e. The molecule has 0 radical (unpaired) electrons. The number of nitrogens with zero attached hydrogens (tertiary/aromatic N) is 1. The summed E-state index contributed by atoms with van der Waals surface area (Å²) >= 11 is 6.04. The van der Waals surface area contributed by atoms with Crippen LogP contribution in [0.1, 0.15) is 18.9 Å². The van der Waals surface area contributed by atoms with Crippen LogP contribution in [-0.2, 0) is 9.53 Å². The summed E-state index contributed by atoms with van der Waals surface area (Å²) in [6.45, 7) is 6.29. The number of ether oxygens (including phenoxy) is 1. The molecule has 6 nitrogen and oxygen atoms in total. The van der Waals surface area contributed by atoms with Gasteiger partial charge in [0.05, 0.1) is 6.61 Å². The monoisotopic (exact) mass is 468 g/mol. The van der Waals surface area contributed by atoms with Gasteiger partial charge in [-0.15, -0.1) is 24.0 Å². The van der Waals surface area contributed by atoms with Crippen LogP contribution >= 0.6 is 35.6 Å². The molecule has 0 aliphatic heterocycles. The van der Waals surface area contributed by atoms with Crippen molar-refractivity contribution in [2.75, 3.05) is 38.7 Å². The molecular formula is C16H26ClIN4O2. The van der Waals surface area contributed by atoms with E-state index in [1.54, 1.807) is 13.1 Å². The number of guanidine groups is 1. The number of benzene rings is 1. The lowest BCUT2D eigenvalue weighted by Gasteiger charge is -2.12. The molecule has 8 heteroatoms. The number of nitrogens with one attached hydrogen (secondary N) is 3. The SMILES string of the molecule is CCOCCNC(=NC)NCCC(=O)Nc1cccc(Cl)c1C.I. The van der Waals surface area contributed by atoms with E-state index in [1.807, 2.05) is 26.0 Å². The standard InChI is InChI=1S/C16H25ClN4O2.HI/c1-4-23-11-10-20-16(18-3)19-9-8-15(22)21-14-7-5-6-13(17)12(14)2;/h5-7H,4,8-11H2,1-3H3,(H,21,22)(H2,18,19,20);1H. The molecule has 136 valence electrons. The van der Waals surface area contributed by atoms with Crippen LogP contribution in [0.15, 0.2) is 23.2 Å². The summed E-state index contributed by atoms with van der Waals surface area (Å²) in [5, 5.41) is 9.69. The van der Waals surface area contributed by atoms with Crippen LogP contribution in [-0.4, -0.2) is 45.2 Å². The largest absolute Gasteiger partial charge is 0.380 e. The molecule has 0 unspecified atom stereocenters. The van der Waals surface area contributed by atoms with Crippen molar-refractivity contribution in [1.82, 2.24) is 10.6 Å². The number of hydrogen-bond acceptors (Lipinski definition) is 3. The van der Waals surface area contributed by atoms with Crippen LogP contribution in [0.5, 0.6) is 0 Å². The molecule has 0 aliphatic carbocycles. The van der Waals surface area contributed by atoms with Gasteiger partial charge in [-0.3, -0.25) is 9.79 Å². The van der Waals surface area contributed by atoms with E-state index < -0.39 is 0 Å². The molecule has 0 saturated heterocycles. The van der Waals surface area contributed by atoms with Crippen molar-refractivity contribution in [3.63, 3.8) is 0 Å². The molecule has 0 saturated carbocycles. The van der Waals surface area contributed by atoms with Gasteiger partial charge in [0, 0.05) is 43.9 Å². The zero-order valence-electron chi connectivity index (χ0n) is 14.3. The van der Waals surface area contributed by atoms with E-state index in [1.165, 1.54) is 0 Å². The number of carbonyl (C=O) groups is 1. The van der Waals surface area contributed by atoms with Gasteiger partial charge in [0.2, 0.25) is 5.91 Å². The minimum absolute atomic E-state index is 0. The third-order valence-corrected chi connectivity index (χ3v) is 3.56. The summed E-state index contributed by atoms with van der Waals surface area (Å²) in [4.78, 5) is 16.1. The van der Waals surface area contributed by atoms with Crippen LogP contribution in [0.4, 0.5) is 5.69 Å². The highest BCUT2D eigenvalue weighted by Crippen LogP contribution is 2.22. The van der Waals surface area contributed by atoms with E-state index in [-0.39, 0.29) is 29.9 Å². The summed E-state index contributed by atoms with van der Waals surface area (Å²) in [6, 6.07) is 5.44. The van der Waals surface area contributed by atoms with Crippen LogP contribution in [0, 0.1) is 6.92 Å². The molecule has 24 heavy (non-hydrogen) atoms. The number of carbonyl (C=O) groups excluding carboxylic acids is 1. The van der Waals surface area contributed by atoms with Crippen molar-refractivity contribution < 1.29 is 9.53 Å². The maximum atomic E-state index is 12.0. The van der Waals surface area contributed by atoms with Crippen molar-refractivity contribution in [3.8, 4) is 0 Å². The number of rotatable bonds is 8. The summed E-state index contributed by atoms with van der Waals surface area (Å²) in [6.07, 6.45) is 0.331. The van der Waals surface area contributed by atoms with Crippen LogP contribution in [0.25, 0.3) is 0 Å². The predicted molar refractivity (Wildman–Crippen MR) is 111 cm³/mol. The van der Waals surface area contributed by atoms with Gasteiger partial charge in [-0.25, -0.2) is 0 Å². The van der Waals surface area contributed by atoms with Gasteiger partial charge in [0.15, 0.2) is 5.96 Å². The Morgan fingerprint density at radius 3 is 2.67 bits per heavy atom. The summed E-state index contributed by atoms with van der Waals surface area (Å²) in [5.41, 5.74) is 1.60. The van der Waals surface area contributed by atoms with E-state index in [0.717, 1.165) is 11.3 Å². The zero-order valence-corrected chi connectivity index (χ0v) is 17.4. The predicted octanol–water partition coefficient (Wildman–Crippen LogP) is 2.80. The third kappa shape index (κ3) is 8.70. The minimum atomic E-state index is -0.0763.